The Labute approximate surface area is 90.2 Å². The molecule has 0 saturated heterocycles. The van der Waals surface area contributed by atoms with E-state index in [4.69, 9.17) is 4.74 Å². The maximum Gasteiger partial charge on any atom is 0.126 e. The zero-order valence-electron chi connectivity index (χ0n) is 9.31. The summed E-state index contributed by atoms with van der Waals surface area (Å²) in [6.07, 6.45) is 0.910. The molecule has 0 fully saturated rings. The van der Waals surface area contributed by atoms with Gasteiger partial charge in [-0.05, 0) is 0 Å². The molecule has 0 saturated carbocycles. The number of aliphatic hydroxyl groups is 1. The molecule has 0 aliphatic heterocycles. The number of aliphatic carboxylic acids is 1. The highest BCUT2D eigenvalue weighted by Crippen LogP contribution is 1.99. The molecule has 0 rings (SSSR count). The van der Waals surface area contributed by atoms with Crippen molar-refractivity contribution >= 4 is 5.97 Å². The Kier molecular flexibility index (Phi) is 6.15. The zero-order valence-corrected chi connectivity index (χ0v) is 9.31. The highest BCUT2D eigenvalue weighted by Gasteiger charge is 2.20. The highest BCUT2D eigenvalue weighted by atomic mass is 16.5. The molecule has 0 spiro atoms. The van der Waals surface area contributed by atoms with Crippen LogP contribution in [-0.2, 0) is 9.53 Å². The Morgan fingerprint density at radius 2 is 2.27 bits per heavy atom. The summed E-state index contributed by atoms with van der Waals surface area (Å²) >= 11 is 0. The lowest BCUT2D eigenvalue weighted by molar-refractivity contribution is -0.887. The molecule has 88 valence electrons. The maximum absolute atomic E-state index is 10.4. The second-order valence-corrected chi connectivity index (χ2v) is 4.13. The van der Waals surface area contributed by atoms with Gasteiger partial charge in [0.15, 0.2) is 0 Å². The molecule has 0 aliphatic carbocycles. The first-order valence-corrected chi connectivity index (χ1v) is 4.76. The molecule has 0 aromatic heterocycles. The van der Waals surface area contributed by atoms with Crippen LogP contribution in [0.5, 0.6) is 0 Å². The van der Waals surface area contributed by atoms with Crippen molar-refractivity contribution in [1.29, 1.82) is 0 Å². The van der Waals surface area contributed by atoms with Crippen LogP contribution in [0.3, 0.4) is 0 Å². The zero-order chi connectivity index (χ0) is 11.9. The number of aliphatic hydroxyl groups excluding tert-OH is 1. The van der Waals surface area contributed by atoms with E-state index in [0.29, 0.717) is 13.2 Å². The second kappa shape index (κ2) is 6.55. The van der Waals surface area contributed by atoms with Crippen LogP contribution in [0.25, 0.3) is 0 Å². The molecule has 0 aromatic rings. The topological polar surface area (TPSA) is 69.6 Å². The first-order chi connectivity index (χ1) is 6.87. The summed E-state index contributed by atoms with van der Waals surface area (Å²) in [4.78, 5) is 10.4. The number of quaternary nitrogens is 1. The summed E-state index contributed by atoms with van der Waals surface area (Å²) in [5, 5.41) is 19.9. The van der Waals surface area contributed by atoms with Crippen molar-refractivity contribution in [2.75, 3.05) is 40.4 Å². The molecule has 0 aromatic carbocycles. The van der Waals surface area contributed by atoms with Crippen LogP contribution >= 0.6 is 0 Å². The number of carbonyl (C=O) groups excluding carboxylic acids is 1. The maximum atomic E-state index is 10.4. The Bertz CT molecular complexity index is 215. The number of nitrogens with zero attached hydrogens (tertiary/aromatic N) is 1. The number of carboxylic acid groups (broad SMARTS) is 1. The molecule has 0 amide bonds. The van der Waals surface area contributed by atoms with Crippen LogP contribution in [0.15, 0.2) is 12.7 Å². The second-order valence-electron chi connectivity index (χ2n) is 4.13. The van der Waals surface area contributed by atoms with Crippen LogP contribution in [0, 0.1) is 0 Å². The fourth-order valence-corrected chi connectivity index (χ4v) is 1.32. The van der Waals surface area contributed by atoms with Crippen LogP contribution in [-0.4, -0.2) is 62.1 Å². The van der Waals surface area contributed by atoms with Crippen molar-refractivity contribution in [3.8, 4) is 0 Å². The molecular weight excluding hydrogens is 198 g/mol. The largest absolute Gasteiger partial charge is 0.544 e. The molecule has 5 heteroatoms. The Hall–Kier alpha value is -0.910. The van der Waals surface area contributed by atoms with E-state index in [-0.39, 0.29) is 17.6 Å². The summed E-state index contributed by atoms with van der Waals surface area (Å²) < 4.78 is 5.22. The first-order valence-electron chi connectivity index (χ1n) is 4.76. The third kappa shape index (κ3) is 8.11. The summed E-state index contributed by atoms with van der Waals surface area (Å²) in [5.74, 6) is -1.13. The lowest BCUT2D eigenvalue weighted by atomic mass is 10.3. The number of carbonyl (C=O) groups is 1. The third-order valence-corrected chi connectivity index (χ3v) is 1.81. The van der Waals surface area contributed by atoms with E-state index in [1.165, 1.54) is 0 Å². The average Bonchev–Trinajstić information content (AvgIpc) is 2.00. The lowest BCUT2D eigenvalue weighted by Crippen LogP contribution is -2.52. The highest BCUT2D eigenvalue weighted by molar-refractivity contribution is 5.65. The van der Waals surface area contributed by atoms with Gasteiger partial charge in [0.25, 0.3) is 0 Å². The monoisotopic (exact) mass is 217 g/mol. The fraction of sp³-hybridized carbons (Fsp3) is 0.700. The summed E-state index contributed by atoms with van der Waals surface area (Å²) in [7, 11) is 3.43. The van der Waals surface area contributed by atoms with E-state index in [0.717, 1.165) is 0 Å². The SMILES string of the molecule is C=CCOCC(O)C[N+](C)(C)CC(=O)[O-]. The van der Waals surface area contributed by atoms with Crippen molar-refractivity contribution < 1.29 is 24.2 Å². The minimum absolute atomic E-state index is 0.126. The van der Waals surface area contributed by atoms with Gasteiger partial charge in [0, 0.05) is 0 Å². The first kappa shape index (κ1) is 14.1. The van der Waals surface area contributed by atoms with Crippen molar-refractivity contribution in [2.24, 2.45) is 0 Å². The van der Waals surface area contributed by atoms with Crippen LogP contribution in [0.2, 0.25) is 0 Å². The molecule has 1 atom stereocenters. The van der Waals surface area contributed by atoms with E-state index in [1.54, 1.807) is 20.2 Å². The number of hydrogen-bond donors (Lipinski definition) is 1. The van der Waals surface area contributed by atoms with E-state index in [1.807, 2.05) is 0 Å². The average molecular weight is 217 g/mol. The summed E-state index contributed by atoms with van der Waals surface area (Å²) in [5.41, 5.74) is 0. The predicted molar refractivity (Wildman–Crippen MR) is 53.9 cm³/mol. The molecule has 0 heterocycles. The Morgan fingerprint density at radius 3 is 2.73 bits per heavy atom. The molecular formula is C10H19NO4. The van der Waals surface area contributed by atoms with Gasteiger partial charge >= 0.3 is 0 Å². The van der Waals surface area contributed by atoms with Crippen molar-refractivity contribution in [3.05, 3.63) is 12.7 Å². The number of rotatable bonds is 8. The van der Waals surface area contributed by atoms with Gasteiger partial charge < -0.3 is 24.2 Å². The predicted octanol–water partition coefficient (Wildman–Crippen LogP) is -1.62. The molecule has 0 bridgehead atoms. The number of likely N-dealkylation sites (N-methyl/N-ethyl adjacent to an activating group) is 1. The Balaban J connectivity index is 3.86. The van der Waals surface area contributed by atoms with Gasteiger partial charge in [-0.25, -0.2) is 0 Å². The van der Waals surface area contributed by atoms with Gasteiger partial charge in [0.1, 0.15) is 19.2 Å². The van der Waals surface area contributed by atoms with E-state index >= 15 is 0 Å². The van der Waals surface area contributed by atoms with Gasteiger partial charge in [-0.2, -0.15) is 0 Å². The van der Waals surface area contributed by atoms with Crippen molar-refractivity contribution in [1.82, 2.24) is 0 Å². The van der Waals surface area contributed by atoms with E-state index in [2.05, 4.69) is 6.58 Å². The molecule has 1 unspecified atom stereocenters. The van der Waals surface area contributed by atoms with Crippen LogP contribution in [0.4, 0.5) is 0 Å². The van der Waals surface area contributed by atoms with Crippen LogP contribution in [0.1, 0.15) is 0 Å². The van der Waals surface area contributed by atoms with Crippen LogP contribution < -0.4 is 5.11 Å². The van der Waals surface area contributed by atoms with Crippen molar-refractivity contribution in [2.45, 2.75) is 6.10 Å². The third-order valence-electron chi connectivity index (χ3n) is 1.81. The standard InChI is InChI=1S/C10H19NO4/c1-4-5-15-8-9(12)6-11(2,3)7-10(13)14/h4,9,12H,1,5-8H2,2-3H3. The molecule has 5 nitrogen and oxygen atoms in total. The number of ether oxygens (including phenoxy) is 1. The van der Waals surface area contributed by atoms with E-state index in [9.17, 15) is 15.0 Å². The van der Waals surface area contributed by atoms with Gasteiger partial charge in [0.05, 0.1) is 33.3 Å². The molecule has 15 heavy (non-hydrogen) atoms. The molecule has 1 N–H and O–H groups in total. The quantitative estimate of drug-likeness (QED) is 0.301. The number of hydrogen-bond acceptors (Lipinski definition) is 4. The van der Waals surface area contributed by atoms with Gasteiger partial charge in [-0.15, -0.1) is 6.58 Å². The van der Waals surface area contributed by atoms with Gasteiger partial charge in [0.2, 0.25) is 0 Å². The summed E-state index contributed by atoms with van der Waals surface area (Å²) in [6, 6.07) is 0. The normalized spacial score (nSPS) is 13.5. The molecule has 0 radical (unpaired) electrons. The fourth-order valence-electron chi connectivity index (χ4n) is 1.32. The Morgan fingerprint density at radius 1 is 1.67 bits per heavy atom. The lowest BCUT2D eigenvalue weighted by Gasteiger charge is -2.31. The van der Waals surface area contributed by atoms with Crippen molar-refractivity contribution in [3.63, 3.8) is 0 Å². The van der Waals surface area contributed by atoms with E-state index < -0.39 is 12.1 Å². The van der Waals surface area contributed by atoms with Gasteiger partial charge in [-0.1, -0.05) is 6.08 Å². The molecule has 0 aliphatic rings. The summed E-state index contributed by atoms with van der Waals surface area (Å²) in [6.45, 7) is 4.22. The number of carboxylic acids is 1. The smallest absolute Gasteiger partial charge is 0.126 e. The minimum Gasteiger partial charge on any atom is -0.544 e. The van der Waals surface area contributed by atoms with Gasteiger partial charge in [-0.3, -0.25) is 0 Å². The minimum atomic E-state index is -1.13.